The van der Waals surface area contributed by atoms with Crippen LogP contribution in [0.5, 0.6) is 0 Å². The van der Waals surface area contributed by atoms with Crippen molar-refractivity contribution >= 4 is 21.6 Å². The van der Waals surface area contributed by atoms with Crippen LogP contribution >= 0.6 is 15.9 Å². The van der Waals surface area contributed by atoms with E-state index < -0.39 is 0 Å². The number of nitrogens with two attached hydrogens (primary N) is 1. The fourth-order valence-electron chi connectivity index (χ4n) is 3.15. The molecular formula is C15H20BrN5. The monoisotopic (exact) mass is 349 g/mol. The second kappa shape index (κ2) is 6.13. The average molecular weight is 350 g/mol. The van der Waals surface area contributed by atoms with Crippen molar-refractivity contribution in [3.8, 4) is 11.4 Å². The molecule has 3 rings (SSSR count). The highest BCUT2D eigenvalue weighted by molar-refractivity contribution is 9.10. The summed E-state index contributed by atoms with van der Waals surface area (Å²) in [6.07, 6.45) is 6.23. The Morgan fingerprint density at radius 1 is 1.24 bits per heavy atom. The van der Waals surface area contributed by atoms with Gasteiger partial charge in [0.05, 0.1) is 6.04 Å². The zero-order chi connectivity index (χ0) is 14.8. The first kappa shape index (κ1) is 14.5. The number of hydrogen-bond acceptors (Lipinski definition) is 4. The van der Waals surface area contributed by atoms with Gasteiger partial charge >= 0.3 is 0 Å². The zero-order valence-corrected chi connectivity index (χ0v) is 13.8. The third kappa shape index (κ3) is 2.95. The van der Waals surface area contributed by atoms with Crippen LogP contribution in [0.25, 0.3) is 11.4 Å². The standard InChI is InChI=1S/C15H20BrN5/c1-10-5-3-2-4-6-14(10)21-15(18-19-20-21)12-9-11(17)7-8-13(12)16/h7-10,14H,2-6,17H2,1H3. The number of nitrogens with zero attached hydrogens (tertiary/aromatic N) is 4. The summed E-state index contributed by atoms with van der Waals surface area (Å²) in [5, 5.41) is 12.4. The largest absolute Gasteiger partial charge is 0.399 e. The number of halogens is 1. The zero-order valence-electron chi connectivity index (χ0n) is 12.2. The number of nitrogen functional groups attached to an aromatic ring is 1. The number of aromatic nitrogens is 4. The highest BCUT2D eigenvalue weighted by Gasteiger charge is 2.26. The van der Waals surface area contributed by atoms with Gasteiger partial charge in [0.25, 0.3) is 0 Å². The van der Waals surface area contributed by atoms with E-state index in [1.54, 1.807) is 0 Å². The Kier molecular flexibility index (Phi) is 4.24. The lowest BCUT2D eigenvalue weighted by Crippen LogP contribution is -2.18. The number of benzene rings is 1. The topological polar surface area (TPSA) is 69.6 Å². The lowest BCUT2D eigenvalue weighted by atomic mass is 9.97. The summed E-state index contributed by atoms with van der Waals surface area (Å²) in [5.74, 6) is 1.39. The molecule has 1 saturated carbocycles. The highest BCUT2D eigenvalue weighted by Crippen LogP contribution is 2.36. The fourth-order valence-corrected chi connectivity index (χ4v) is 3.57. The van der Waals surface area contributed by atoms with Gasteiger partial charge in [-0.15, -0.1) is 5.10 Å². The molecule has 1 aliphatic carbocycles. The van der Waals surface area contributed by atoms with E-state index in [1.165, 1.54) is 25.7 Å². The van der Waals surface area contributed by atoms with Crippen LogP contribution in [0.15, 0.2) is 22.7 Å². The Hall–Kier alpha value is -1.43. The van der Waals surface area contributed by atoms with Gasteiger partial charge in [-0.3, -0.25) is 0 Å². The van der Waals surface area contributed by atoms with Crippen molar-refractivity contribution < 1.29 is 0 Å². The van der Waals surface area contributed by atoms with E-state index in [-0.39, 0.29) is 0 Å². The lowest BCUT2D eigenvalue weighted by Gasteiger charge is -2.22. The number of tetrazole rings is 1. The van der Waals surface area contributed by atoms with Crippen LogP contribution in [0.4, 0.5) is 5.69 Å². The Morgan fingerprint density at radius 3 is 2.90 bits per heavy atom. The summed E-state index contributed by atoms with van der Waals surface area (Å²) >= 11 is 3.58. The number of anilines is 1. The molecule has 2 atom stereocenters. The SMILES string of the molecule is CC1CCCCCC1n1nnnc1-c1cc(N)ccc1Br. The molecule has 5 nitrogen and oxygen atoms in total. The van der Waals surface area contributed by atoms with E-state index in [4.69, 9.17) is 5.73 Å². The van der Waals surface area contributed by atoms with Gasteiger partial charge < -0.3 is 5.73 Å². The van der Waals surface area contributed by atoms with Crippen LogP contribution in [-0.4, -0.2) is 20.2 Å². The molecule has 112 valence electrons. The quantitative estimate of drug-likeness (QED) is 0.660. The van der Waals surface area contributed by atoms with E-state index in [9.17, 15) is 0 Å². The van der Waals surface area contributed by atoms with Crippen molar-refractivity contribution in [2.75, 3.05) is 5.73 Å². The van der Waals surface area contributed by atoms with E-state index in [0.717, 1.165) is 28.0 Å². The first-order valence-corrected chi connectivity index (χ1v) is 8.29. The van der Waals surface area contributed by atoms with Crippen molar-refractivity contribution in [2.45, 2.75) is 45.1 Å². The number of hydrogen-bond donors (Lipinski definition) is 1. The molecule has 0 amide bonds. The Labute approximate surface area is 133 Å². The maximum Gasteiger partial charge on any atom is 0.183 e. The molecule has 2 unspecified atom stereocenters. The predicted molar refractivity (Wildman–Crippen MR) is 86.7 cm³/mol. The van der Waals surface area contributed by atoms with E-state index in [0.29, 0.717) is 12.0 Å². The van der Waals surface area contributed by atoms with Gasteiger partial charge in [-0.25, -0.2) is 4.68 Å². The summed E-state index contributed by atoms with van der Waals surface area (Å²) in [6, 6.07) is 6.11. The van der Waals surface area contributed by atoms with Gasteiger partial charge in [0.2, 0.25) is 0 Å². The highest BCUT2D eigenvalue weighted by atomic mass is 79.9. The van der Waals surface area contributed by atoms with Crippen molar-refractivity contribution in [1.82, 2.24) is 20.2 Å². The second-order valence-corrected chi connectivity index (χ2v) is 6.72. The molecule has 1 heterocycles. The molecule has 0 radical (unpaired) electrons. The molecule has 0 aliphatic heterocycles. The Bertz CT molecular complexity index is 624. The number of rotatable bonds is 2. The minimum absolute atomic E-state index is 0.367. The van der Waals surface area contributed by atoms with Gasteiger partial charge in [-0.05, 0) is 47.4 Å². The van der Waals surface area contributed by atoms with E-state index >= 15 is 0 Å². The van der Waals surface area contributed by atoms with E-state index in [2.05, 4.69) is 38.4 Å². The second-order valence-electron chi connectivity index (χ2n) is 5.87. The summed E-state index contributed by atoms with van der Waals surface area (Å²) in [7, 11) is 0. The minimum atomic E-state index is 0.367. The molecule has 21 heavy (non-hydrogen) atoms. The minimum Gasteiger partial charge on any atom is -0.399 e. The van der Waals surface area contributed by atoms with Crippen molar-refractivity contribution in [3.05, 3.63) is 22.7 Å². The molecule has 2 aromatic rings. The van der Waals surface area contributed by atoms with Gasteiger partial charge in [0.15, 0.2) is 5.82 Å². The molecule has 1 aliphatic rings. The molecule has 0 saturated heterocycles. The average Bonchev–Trinajstić information content (AvgIpc) is 2.84. The van der Waals surface area contributed by atoms with Crippen LogP contribution < -0.4 is 5.73 Å². The molecule has 1 fully saturated rings. The van der Waals surface area contributed by atoms with Gasteiger partial charge in [-0.1, -0.05) is 42.1 Å². The Morgan fingerprint density at radius 2 is 2.05 bits per heavy atom. The van der Waals surface area contributed by atoms with Gasteiger partial charge in [0.1, 0.15) is 0 Å². The van der Waals surface area contributed by atoms with Crippen LogP contribution in [0, 0.1) is 5.92 Å². The van der Waals surface area contributed by atoms with Gasteiger partial charge in [0, 0.05) is 15.7 Å². The molecule has 1 aromatic carbocycles. The van der Waals surface area contributed by atoms with Crippen LogP contribution in [-0.2, 0) is 0 Å². The molecule has 0 spiro atoms. The Balaban J connectivity index is 2.02. The third-order valence-electron chi connectivity index (χ3n) is 4.35. The smallest absolute Gasteiger partial charge is 0.183 e. The van der Waals surface area contributed by atoms with Crippen molar-refractivity contribution in [2.24, 2.45) is 5.92 Å². The molecule has 2 N–H and O–H groups in total. The fraction of sp³-hybridized carbons (Fsp3) is 0.533. The first-order valence-electron chi connectivity index (χ1n) is 7.50. The summed E-state index contributed by atoms with van der Waals surface area (Å²) in [5.41, 5.74) is 7.59. The maximum absolute atomic E-state index is 5.92. The van der Waals surface area contributed by atoms with Crippen LogP contribution in [0.2, 0.25) is 0 Å². The lowest BCUT2D eigenvalue weighted by molar-refractivity contribution is 0.306. The molecule has 1 aromatic heterocycles. The van der Waals surface area contributed by atoms with Crippen LogP contribution in [0.3, 0.4) is 0 Å². The molecular weight excluding hydrogens is 330 g/mol. The van der Waals surface area contributed by atoms with Gasteiger partial charge in [-0.2, -0.15) is 0 Å². The maximum atomic E-state index is 5.92. The third-order valence-corrected chi connectivity index (χ3v) is 5.05. The summed E-state index contributed by atoms with van der Waals surface area (Å²) in [4.78, 5) is 0. The molecule has 6 heteroatoms. The van der Waals surface area contributed by atoms with E-state index in [1.807, 2.05) is 22.9 Å². The summed E-state index contributed by atoms with van der Waals surface area (Å²) in [6.45, 7) is 2.30. The summed E-state index contributed by atoms with van der Waals surface area (Å²) < 4.78 is 2.96. The molecule has 0 bridgehead atoms. The van der Waals surface area contributed by atoms with Crippen LogP contribution in [0.1, 0.15) is 45.1 Å². The normalized spacial score (nSPS) is 23.0. The first-order chi connectivity index (χ1) is 10.2. The predicted octanol–water partition coefficient (Wildman–Crippen LogP) is 3.83. The van der Waals surface area contributed by atoms with Crippen molar-refractivity contribution in [3.63, 3.8) is 0 Å². The van der Waals surface area contributed by atoms with Crippen molar-refractivity contribution in [1.29, 1.82) is 0 Å².